The van der Waals surface area contributed by atoms with Crippen LogP contribution in [0, 0.1) is 0 Å². The number of nitrogen functional groups attached to an aromatic ring is 1. The Morgan fingerprint density at radius 2 is 1.80 bits per heavy atom. The van der Waals surface area contributed by atoms with E-state index < -0.39 is 26.2 Å². The van der Waals surface area contributed by atoms with E-state index in [9.17, 15) is 13.2 Å². The van der Waals surface area contributed by atoms with E-state index in [4.69, 9.17) is 28.9 Å². The number of hydrogen-bond acceptors (Lipinski definition) is 4. The van der Waals surface area contributed by atoms with E-state index >= 15 is 0 Å². The predicted molar refractivity (Wildman–Crippen MR) is 83.0 cm³/mol. The molecule has 0 heterocycles. The summed E-state index contributed by atoms with van der Waals surface area (Å²) in [5, 5.41) is 1.06. The minimum atomic E-state index is -3.55. The van der Waals surface area contributed by atoms with Crippen molar-refractivity contribution in [2.75, 3.05) is 11.1 Å². The highest BCUT2D eigenvalue weighted by Gasteiger charge is 2.31. The van der Waals surface area contributed by atoms with Gasteiger partial charge in [0.25, 0.3) is 0 Å². The second kappa shape index (κ2) is 6.20. The zero-order chi connectivity index (χ0) is 15.7. The first-order chi connectivity index (χ1) is 9.07. The van der Waals surface area contributed by atoms with Crippen LogP contribution in [0.3, 0.4) is 0 Å². The van der Waals surface area contributed by atoms with Gasteiger partial charge in [0.05, 0.1) is 21.6 Å². The maximum absolute atomic E-state index is 12.0. The summed E-state index contributed by atoms with van der Waals surface area (Å²) in [5.74, 6) is -0.686. The molecule has 0 spiro atoms. The number of nitrogens with one attached hydrogen (secondary N) is 1. The molecule has 0 radical (unpaired) electrons. The van der Waals surface area contributed by atoms with Crippen molar-refractivity contribution < 1.29 is 13.2 Å². The van der Waals surface area contributed by atoms with E-state index in [0.717, 1.165) is 0 Å². The summed E-state index contributed by atoms with van der Waals surface area (Å²) >= 11 is 11.7. The number of nitrogens with two attached hydrogens (primary N) is 1. The number of carbonyl (C=O) groups excluding carboxylic acids is 1. The van der Waals surface area contributed by atoms with Gasteiger partial charge in [-0.25, -0.2) is 8.42 Å². The SMILES string of the molecule is CC(C)S(=O)(=O)C(C)C(=O)Nc1c(N)cc(Cl)cc1Cl. The fourth-order valence-corrected chi connectivity index (χ4v) is 3.24. The molecule has 1 rings (SSSR count). The zero-order valence-electron chi connectivity index (χ0n) is 11.3. The van der Waals surface area contributed by atoms with E-state index in [1.807, 2.05) is 0 Å². The molecule has 1 atom stereocenters. The fraction of sp³-hybridized carbons (Fsp3) is 0.417. The number of anilines is 2. The number of rotatable bonds is 4. The van der Waals surface area contributed by atoms with Crippen LogP contribution in [0.4, 0.5) is 11.4 Å². The number of amides is 1. The lowest BCUT2D eigenvalue weighted by atomic mass is 10.2. The Bertz CT molecular complexity index is 607. The third kappa shape index (κ3) is 3.56. The van der Waals surface area contributed by atoms with Gasteiger partial charge in [0.15, 0.2) is 9.84 Å². The maximum Gasteiger partial charge on any atom is 0.242 e. The Hall–Kier alpha value is -0.980. The van der Waals surface area contributed by atoms with Gasteiger partial charge in [-0.05, 0) is 32.9 Å². The van der Waals surface area contributed by atoms with Gasteiger partial charge in [-0.3, -0.25) is 4.79 Å². The Balaban J connectivity index is 3.04. The summed E-state index contributed by atoms with van der Waals surface area (Å²) in [6, 6.07) is 2.83. The molecule has 0 saturated carbocycles. The molecule has 0 aliphatic carbocycles. The summed E-state index contributed by atoms with van der Waals surface area (Å²) in [6.07, 6.45) is 0. The van der Waals surface area contributed by atoms with Gasteiger partial charge in [-0.15, -0.1) is 0 Å². The van der Waals surface area contributed by atoms with Gasteiger partial charge in [0.2, 0.25) is 5.91 Å². The number of sulfone groups is 1. The largest absolute Gasteiger partial charge is 0.397 e. The average Bonchev–Trinajstić information content (AvgIpc) is 2.32. The number of benzene rings is 1. The molecular formula is C12H16Cl2N2O3S. The van der Waals surface area contributed by atoms with Crippen molar-refractivity contribution in [1.29, 1.82) is 0 Å². The summed E-state index contributed by atoms with van der Waals surface area (Å²) in [6.45, 7) is 4.36. The monoisotopic (exact) mass is 338 g/mol. The van der Waals surface area contributed by atoms with E-state index in [2.05, 4.69) is 5.32 Å². The topological polar surface area (TPSA) is 89.3 Å². The van der Waals surface area contributed by atoms with Crippen molar-refractivity contribution in [3.63, 3.8) is 0 Å². The minimum Gasteiger partial charge on any atom is -0.397 e. The van der Waals surface area contributed by atoms with Gasteiger partial charge >= 0.3 is 0 Å². The standard InChI is InChI=1S/C12H16Cl2N2O3S/c1-6(2)20(18,19)7(3)12(17)16-11-9(14)4-8(13)5-10(11)15/h4-7H,15H2,1-3H3,(H,16,17). The zero-order valence-corrected chi connectivity index (χ0v) is 13.6. The summed E-state index contributed by atoms with van der Waals surface area (Å²) in [5.41, 5.74) is 6.04. The number of hydrogen-bond donors (Lipinski definition) is 2. The van der Waals surface area contributed by atoms with E-state index in [1.165, 1.54) is 32.9 Å². The minimum absolute atomic E-state index is 0.150. The van der Waals surface area contributed by atoms with Crippen LogP contribution >= 0.6 is 23.2 Å². The second-order valence-corrected chi connectivity index (χ2v) is 8.29. The van der Waals surface area contributed by atoms with Crippen molar-refractivity contribution >= 4 is 50.3 Å². The summed E-state index contributed by atoms with van der Waals surface area (Å²) in [7, 11) is -3.55. The first-order valence-corrected chi connectivity index (χ1v) is 8.22. The van der Waals surface area contributed by atoms with Gasteiger partial charge in [0, 0.05) is 5.02 Å². The smallest absolute Gasteiger partial charge is 0.242 e. The van der Waals surface area contributed by atoms with Gasteiger partial charge in [-0.1, -0.05) is 23.2 Å². The Kier molecular flexibility index (Phi) is 5.29. The Morgan fingerprint density at radius 1 is 1.25 bits per heavy atom. The molecule has 0 aliphatic rings. The molecule has 112 valence electrons. The van der Waals surface area contributed by atoms with Crippen molar-refractivity contribution in [3.05, 3.63) is 22.2 Å². The van der Waals surface area contributed by atoms with Crippen molar-refractivity contribution in [2.24, 2.45) is 0 Å². The first-order valence-electron chi connectivity index (χ1n) is 5.85. The highest BCUT2D eigenvalue weighted by atomic mass is 35.5. The van der Waals surface area contributed by atoms with Crippen LogP contribution in [0.25, 0.3) is 0 Å². The molecule has 20 heavy (non-hydrogen) atoms. The molecule has 0 aliphatic heterocycles. The Morgan fingerprint density at radius 3 is 2.25 bits per heavy atom. The quantitative estimate of drug-likeness (QED) is 0.826. The molecule has 1 amide bonds. The van der Waals surface area contributed by atoms with Crippen LogP contribution < -0.4 is 11.1 Å². The van der Waals surface area contributed by atoms with Gasteiger partial charge < -0.3 is 11.1 Å². The molecular weight excluding hydrogens is 323 g/mol. The highest BCUT2D eigenvalue weighted by Crippen LogP contribution is 2.32. The normalized spacial score (nSPS) is 13.3. The number of halogens is 2. The van der Waals surface area contributed by atoms with Gasteiger partial charge in [0.1, 0.15) is 5.25 Å². The van der Waals surface area contributed by atoms with Crippen molar-refractivity contribution in [3.8, 4) is 0 Å². The third-order valence-electron chi connectivity index (χ3n) is 2.85. The lowest BCUT2D eigenvalue weighted by Crippen LogP contribution is -2.36. The summed E-state index contributed by atoms with van der Waals surface area (Å²) < 4.78 is 23.9. The molecule has 0 bridgehead atoms. The van der Waals surface area contributed by atoms with Crippen LogP contribution in [0.1, 0.15) is 20.8 Å². The third-order valence-corrected chi connectivity index (χ3v) is 5.88. The van der Waals surface area contributed by atoms with Crippen LogP contribution in [-0.4, -0.2) is 24.8 Å². The lowest BCUT2D eigenvalue weighted by molar-refractivity contribution is -0.115. The van der Waals surface area contributed by atoms with Crippen LogP contribution in [-0.2, 0) is 14.6 Å². The first kappa shape index (κ1) is 17.1. The van der Waals surface area contributed by atoms with Crippen LogP contribution in [0.15, 0.2) is 12.1 Å². The van der Waals surface area contributed by atoms with Crippen LogP contribution in [0.5, 0.6) is 0 Å². The molecule has 1 aromatic carbocycles. The predicted octanol–water partition coefficient (Wildman–Crippen LogP) is 2.73. The molecule has 0 aromatic heterocycles. The van der Waals surface area contributed by atoms with Gasteiger partial charge in [-0.2, -0.15) is 0 Å². The molecule has 0 fully saturated rings. The average molecular weight is 339 g/mol. The molecule has 5 nitrogen and oxygen atoms in total. The fourth-order valence-electron chi connectivity index (χ4n) is 1.51. The van der Waals surface area contributed by atoms with Crippen molar-refractivity contribution in [1.82, 2.24) is 0 Å². The van der Waals surface area contributed by atoms with E-state index in [-0.39, 0.29) is 16.4 Å². The second-order valence-electron chi connectivity index (χ2n) is 4.62. The molecule has 3 N–H and O–H groups in total. The molecule has 0 saturated heterocycles. The number of carbonyl (C=O) groups is 1. The highest BCUT2D eigenvalue weighted by molar-refractivity contribution is 7.93. The van der Waals surface area contributed by atoms with Crippen molar-refractivity contribution in [2.45, 2.75) is 31.3 Å². The van der Waals surface area contributed by atoms with Crippen LogP contribution in [0.2, 0.25) is 10.0 Å². The lowest BCUT2D eigenvalue weighted by Gasteiger charge is -2.17. The molecule has 1 aromatic rings. The summed E-state index contributed by atoms with van der Waals surface area (Å²) in [4.78, 5) is 12.0. The van der Waals surface area contributed by atoms with E-state index in [0.29, 0.717) is 5.02 Å². The molecule has 1 unspecified atom stereocenters. The molecule has 8 heteroatoms. The maximum atomic E-state index is 12.0. The van der Waals surface area contributed by atoms with E-state index in [1.54, 1.807) is 0 Å². The Labute approximate surface area is 128 Å².